The van der Waals surface area contributed by atoms with E-state index in [0.717, 1.165) is 0 Å². The molecule has 0 saturated heterocycles. The van der Waals surface area contributed by atoms with Crippen LogP contribution in [0.3, 0.4) is 0 Å². The van der Waals surface area contributed by atoms with E-state index < -0.39 is 0 Å². The maximum absolute atomic E-state index is 14.4. The molecule has 1 aromatic heterocycles. The number of methoxy groups -OCH3 is 2. The molecule has 0 atom stereocenters. The summed E-state index contributed by atoms with van der Waals surface area (Å²) in [4.78, 5) is 8.38. The second-order valence-electron chi connectivity index (χ2n) is 6.03. The molecule has 7 nitrogen and oxygen atoms in total. The standard InChI is InChI=1S/C20H22FN5O2.HI/c1-13-23-8-9-26(13)17-6-4-14(10-16(17)21)12-24-20(22)25-15-5-7-18(27-2)19(11-15)28-3;/h4-11H,12H2,1-3H3,(H3,22,24,25);1H. The number of aryl methyl sites for hydroxylation is 1. The monoisotopic (exact) mass is 511 g/mol. The molecule has 0 amide bonds. The second kappa shape index (κ2) is 10.1. The van der Waals surface area contributed by atoms with Gasteiger partial charge in [0.15, 0.2) is 17.5 Å². The van der Waals surface area contributed by atoms with Crippen molar-refractivity contribution in [3.63, 3.8) is 0 Å². The lowest BCUT2D eigenvalue weighted by Gasteiger charge is -2.11. The minimum Gasteiger partial charge on any atom is -0.493 e. The highest BCUT2D eigenvalue weighted by Crippen LogP contribution is 2.29. The highest BCUT2D eigenvalue weighted by atomic mass is 127. The summed E-state index contributed by atoms with van der Waals surface area (Å²) in [6, 6.07) is 10.3. The number of hydrogen-bond acceptors (Lipinski definition) is 4. The van der Waals surface area contributed by atoms with Gasteiger partial charge in [0.05, 0.1) is 26.5 Å². The molecule has 29 heavy (non-hydrogen) atoms. The zero-order valence-corrected chi connectivity index (χ0v) is 18.7. The lowest BCUT2D eigenvalue weighted by Crippen LogP contribution is -2.22. The fourth-order valence-electron chi connectivity index (χ4n) is 2.75. The van der Waals surface area contributed by atoms with Crippen molar-refractivity contribution >= 4 is 35.6 Å². The maximum Gasteiger partial charge on any atom is 0.193 e. The Hall–Kier alpha value is -2.82. The number of guanidine groups is 1. The van der Waals surface area contributed by atoms with Crippen LogP contribution in [0.15, 0.2) is 53.8 Å². The molecule has 3 aromatic rings. The Labute approximate surface area is 185 Å². The van der Waals surface area contributed by atoms with Crippen molar-refractivity contribution in [2.24, 2.45) is 10.7 Å². The Morgan fingerprint density at radius 1 is 1.17 bits per heavy atom. The van der Waals surface area contributed by atoms with Crippen LogP contribution >= 0.6 is 24.0 Å². The van der Waals surface area contributed by atoms with Crippen LogP contribution < -0.4 is 20.5 Å². The lowest BCUT2D eigenvalue weighted by molar-refractivity contribution is 0.355. The van der Waals surface area contributed by atoms with Gasteiger partial charge in [-0.05, 0) is 36.8 Å². The number of hydrogen-bond donors (Lipinski definition) is 2. The van der Waals surface area contributed by atoms with Crippen molar-refractivity contribution in [3.05, 3.63) is 66.0 Å². The molecule has 0 unspecified atom stereocenters. The van der Waals surface area contributed by atoms with Gasteiger partial charge < -0.3 is 25.1 Å². The van der Waals surface area contributed by atoms with E-state index in [1.807, 2.05) is 13.0 Å². The number of aromatic nitrogens is 2. The summed E-state index contributed by atoms with van der Waals surface area (Å²) >= 11 is 0. The van der Waals surface area contributed by atoms with Gasteiger partial charge in [-0.25, -0.2) is 14.4 Å². The number of nitrogens with one attached hydrogen (secondary N) is 1. The van der Waals surface area contributed by atoms with Gasteiger partial charge in [-0.1, -0.05) is 6.07 Å². The summed E-state index contributed by atoms with van der Waals surface area (Å²) in [6.07, 6.45) is 3.35. The first-order valence-corrected chi connectivity index (χ1v) is 8.59. The van der Waals surface area contributed by atoms with Crippen LogP contribution in [0.5, 0.6) is 11.5 Å². The van der Waals surface area contributed by atoms with Crippen LogP contribution in [0.25, 0.3) is 5.69 Å². The quantitative estimate of drug-likeness (QED) is 0.298. The average molecular weight is 511 g/mol. The van der Waals surface area contributed by atoms with Crippen LogP contribution in [-0.2, 0) is 6.54 Å². The van der Waals surface area contributed by atoms with E-state index in [-0.39, 0.29) is 42.3 Å². The summed E-state index contributed by atoms with van der Waals surface area (Å²) in [5.41, 5.74) is 7.79. The largest absolute Gasteiger partial charge is 0.493 e. The molecule has 2 aromatic carbocycles. The molecule has 0 aliphatic carbocycles. The topological polar surface area (TPSA) is 86.7 Å². The van der Waals surface area contributed by atoms with Gasteiger partial charge in [-0.3, -0.25) is 0 Å². The van der Waals surface area contributed by atoms with Crippen LogP contribution in [0.1, 0.15) is 11.4 Å². The SMILES string of the molecule is COc1ccc(NC(N)=NCc2ccc(-n3ccnc3C)c(F)c2)cc1OC.I. The highest BCUT2D eigenvalue weighted by Gasteiger charge is 2.08. The van der Waals surface area contributed by atoms with Gasteiger partial charge in [0.25, 0.3) is 0 Å². The molecule has 0 spiro atoms. The summed E-state index contributed by atoms with van der Waals surface area (Å²) in [5, 5.41) is 2.98. The van der Waals surface area contributed by atoms with Crippen molar-refractivity contribution in [1.29, 1.82) is 0 Å². The van der Waals surface area contributed by atoms with Crippen LogP contribution in [-0.4, -0.2) is 29.7 Å². The summed E-state index contributed by atoms with van der Waals surface area (Å²) in [5.74, 6) is 1.77. The third-order valence-electron chi connectivity index (χ3n) is 4.19. The third-order valence-corrected chi connectivity index (χ3v) is 4.19. The van der Waals surface area contributed by atoms with Crippen LogP contribution in [0.4, 0.5) is 10.1 Å². The molecule has 0 radical (unpaired) electrons. The van der Waals surface area contributed by atoms with Crippen molar-refractivity contribution in [1.82, 2.24) is 9.55 Å². The van der Waals surface area contributed by atoms with Gasteiger partial charge in [0, 0.05) is 24.1 Å². The Morgan fingerprint density at radius 2 is 1.93 bits per heavy atom. The molecule has 3 rings (SSSR count). The van der Waals surface area contributed by atoms with E-state index in [9.17, 15) is 4.39 Å². The van der Waals surface area contributed by atoms with Gasteiger partial charge in [0.1, 0.15) is 11.6 Å². The summed E-state index contributed by atoms with van der Waals surface area (Å²) in [7, 11) is 3.13. The smallest absolute Gasteiger partial charge is 0.193 e. The fraction of sp³-hybridized carbons (Fsp3) is 0.200. The van der Waals surface area contributed by atoms with Crippen molar-refractivity contribution in [2.45, 2.75) is 13.5 Å². The fourth-order valence-corrected chi connectivity index (χ4v) is 2.75. The highest BCUT2D eigenvalue weighted by molar-refractivity contribution is 14.0. The van der Waals surface area contributed by atoms with E-state index in [1.165, 1.54) is 6.07 Å². The van der Waals surface area contributed by atoms with Crippen molar-refractivity contribution in [2.75, 3.05) is 19.5 Å². The van der Waals surface area contributed by atoms with E-state index in [2.05, 4.69) is 15.3 Å². The summed E-state index contributed by atoms with van der Waals surface area (Å²) in [6.45, 7) is 2.06. The minimum atomic E-state index is -0.347. The lowest BCUT2D eigenvalue weighted by atomic mass is 10.2. The number of anilines is 1. The molecular formula is C20H23FIN5O2. The van der Waals surface area contributed by atoms with Crippen molar-refractivity contribution in [3.8, 4) is 17.2 Å². The number of nitrogens with zero attached hydrogens (tertiary/aromatic N) is 3. The van der Waals surface area contributed by atoms with Gasteiger partial charge >= 0.3 is 0 Å². The Bertz CT molecular complexity index is 1010. The average Bonchev–Trinajstić information content (AvgIpc) is 3.12. The van der Waals surface area contributed by atoms with E-state index in [4.69, 9.17) is 15.2 Å². The predicted molar refractivity (Wildman–Crippen MR) is 122 cm³/mol. The molecular weight excluding hydrogens is 488 g/mol. The number of ether oxygens (including phenoxy) is 2. The van der Waals surface area contributed by atoms with Crippen LogP contribution in [0.2, 0.25) is 0 Å². The third kappa shape index (κ3) is 5.37. The normalized spacial score (nSPS) is 11.0. The molecule has 0 saturated carbocycles. The Kier molecular flexibility index (Phi) is 7.82. The number of aliphatic imine (C=N–C) groups is 1. The molecule has 9 heteroatoms. The zero-order chi connectivity index (χ0) is 20.1. The number of rotatable bonds is 6. The molecule has 1 heterocycles. The first kappa shape index (κ1) is 22.5. The Balaban J connectivity index is 0.00000300. The van der Waals surface area contributed by atoms with Crippen LogP contribution in [0, 0.1) is 12.7 Å². The molecule has 0 aliphatic heterocycles. The van der Waals surface area contributed by atoms with E-state index in [1.54, 1.807) is 55.4 Å². The minimum absolute atomic E-state index is 0. The molecule has 0 aliphatic rings. The number of nitrogens with two attached hydrogens (primary N) is 1. The summed E-state index contributed by atoms with van der Waals surface area (Å²) < 4.78 is 26.6. The molecule has 154 valence electrons. The number of imidazole rings is 1. The Morgan fingerprint density at radius 3 is 2.55 bits per heavy atom. The maximum atomic E-state index is 14.4. The van der Waals surface area contributed by atoms with Gasteiger partial charge in [-0.15, -0.1) is 24.0 Å². The molecule has 0 fully saturated rings. The number of benzene rings is 2. The molecule has 0 bridgehead atoms. The predicted octanol–water partition coefficient (Wildman–Crippen LogP) is 3.88. The first-order valence-electron chi connectivity index (χ1n) is 8.59. The zero-order valence-electron chi connectivity index (χ0n) is 16.3. The number of halogens is 2. The van der Waals surface area contributed by atoms with Crippen molar-refractivity contribution < 1.29 is 13.9 Å². The second-order valence-corrected chi connectivity index (χ2v) is 6.03. The first-order chi connectivity index (χ1) is 13.5. The molecule has 3 N–H and O–H groups in total. The van der Waals surface area contributed by atoms with E-state index in [0.29, 0.717) is 34.3 Å². The van der Waals surface area contributed by atoms with Gasteiger partial charge in [0.2, 0.25) is 0 Å². The van der Waals surface area contributed by atoms with E-state index >= 15 is 0 Å². The van der Waals surface area contributed by atoms with Gasteiger partial charge in [-0.2, -0.15) is 0 Å².